The van der Waals surface area contributed by atoms with Crippen molar-refractivity contribution in [1.82, 2.24) is 9.97 Å². The normalized spacial score (nSPS) is 14.3. The van der Waals surface area contributed by atoms with Crippen LogP contribution in [0, 0.1) is 6.92 Å². The van der Waals surface area contributed by atoms with E-state index in [2.05, 4.69) is 19.8 Å². The Hall–Kier alpha value is -2.38. The van der Waals surface area contributed by atoms with E-state index >= 15 is 0 Å². The van der Waals surface area contributed by atoms with Gasteiger partial charge in [-0.1, -0.05) is 11.6 Å². The van der Waals surface area contributed by atoms with Crippen LogP contribution in [0.15, 0.2) is 24.4 Å². The number of ether oxygens (including phenoxy) is 1. The summed E-state index contributed by atoms with van der Waals surface area (Å²) < 4.78 is 5.35. The van der Waals surface area contributed by atoms with Crippen LogP contribution in [-0.4, -0.2) is 42.2 Å². The standard InChI is InChI=1S/C17H18ClN3O4/c1-11-15(10-19-17(20-11)21-5-7-23-8-6-21)14-9-13(18)3-4-16(14)25-24-12(2)22/h3-4,9-10H,5-8H2,1-2H3. The number of nitrogens with zero attached hydrogens (tertiary/aromatic N) is 3. The van der Waals surface area contributed by atoms with Crippen molar-refractivity contribution >= 4 is 23.5 Å². The summed E-state index contributed by atoms with van der Waals surface area (Å²) in [7, 11) is 0. The summed E-state index contributed by atoms with van der Waals surface area (Å²) in [5.74, 6) is 0.482. The average Bonchev–Trinajstić information content (AvgIpc) is 2.61. The molecule has 0 unspecified atom stereocenters. The van der Waals surface area contributed by atoms with Gasteiger partial charge in [-0.3, -0.25) is 9.78 Å². The monoisotopic (exact) mass is 363 g/mol. The molecule has 132 valence electrons. The van der Waals surface area contributed by atoms with Crippen LogP contribution in [0.25, 0.3) is 11.1 Å². The molecule has 2 aromatic rings. The van der Waals surface area contributed by atoms with Crippen LogP contribution in [0.4, 0.5) is 5.95 Å². The Morgan fingerprint density at radius 2 is 2.04 bits per heavy atom. The molecule has 0 amide bonds. The molecule has 1 saturated heterocycles. The third kappa shape index (κ3) is 4.18. The Labute approximate surface area is 150 Å². The van der Waals surface area contributed by atoms with Gasteiger partial charge in [0.1, 0.15) is 0 Å². The molecule has 0 atom stereocenters. The fourth-order valence-corrected chi connectivity index (χ4v) is 2.70. The van der Waals surface area contributed by atoms with E-state index in [9.17, 15) is 4.79 Å². The lowest BCUT2D eigenvalue weighted by Crippen LogP contribution is -2.37. The lowest BCUT2D eigenvalue weighted by molar-refractivity contribution is -0.210. The molecule has 0 bridgehead atoms. The van der Waals surface area contributed by atoms with Crippen LogP contribution >= 0.6 is 11.6 Å². The molecule has 7 nitrogen and oxygen atoms in total. The van der Waals surface area contributed by atoms with E-state index in [1.807, 2.05) is 6.92 Å². The maximum absolute atomic E-state index is 11.0. The molecule has 1 aromatic carbocycles. The second kappa shape index (κ2) is 7.67. The minimum absolute atomic E-state index is 0.366. The largest absolute Gasteiger partial charge is 0.378 e. The maximum Gasteiger partial charge on any atom is 0.352 e. The molecule has 3 rings (SSSR count). The second-order valence-corrected chi connectivity index (χ2v) is 6.00. The molecule has 25 heavy (non-hydrogen) atoms. The number of carbonyl (C=O) groups is 1. The first kappa shape index (κ1) is 17.4. The maximum atomic E-state index is 11.0. The number of carbonyl (C=O) groups excluding carboxylic acids is 1. The highest BCUT2D eigenvalue weighted by molar-refractivity contribution is 6.31. The van der Waals surface area contributed by atoms with E-state index in [4.69, 9.17) is 21.2 Å². The van der Waals surface area contributed by atoms with Gasteiger partial charge in [0.2, 0.25) is 5.95 Å². The van der Waals surface area contributed by atoms with E-state index in [1.165, 1.54) is 6.92 Å². The fraction of sp³-hybridized carbons (Fsp3) is 0.353. The number of rotatable bonds is 4. The molecule has 0 spiro atoms. The SMILES string of the molecule is CC(=O)OOc1ccc(Cl)cc1-c1cnc(N2CCOCC2)nc1C. The molecule has 0 radical (unpaired) electrons. The molecule has 1 aliphatic rings. The Morgan fingerprint density at radius 1 is 1.28 bits per heavy atom. The van der Waals surface area contributed by atoms with E-state index in [1.54, 1.807) is 24.4 Å². The number of anilines is 1. The Bertz CT molecular complexity index is 778. The van der Waals surface area contributed by atoms with Crippen LogP contribution in [0.1, 0.15) is 12.6 Å². The van der Waals surface area contributed by atoms with Crippen molar-refractivity contribution in [2.45, 2.75) is 13.8 Å². The number of hydrogen-bond donors (Lipinski definition) is 0. The van der Waals surface area contributed by atoms with E-state index in [0.29, 0.717) is 35.5 Å². The Kier molecular flexibility index (Phi) is 5.35. The molecule has 1 fully saturated rings. The highest BCUT2D eigenvalue weighted by atomic mass is 35.5. The number of aryl methyl sites for hydroxylation is 1. The first-order valence-corrected chi connectivity index (χ1v) is 8.24. The van der Waals surface area contributed by atoms with Crippen molar-refractivity contribution < 1.29 is 19.3 Å². The Balaban J connectivity index is 1.92. The van der Waals surface area contributed by atoms with Gasteiger partial charge in [-0.2, -0.15) is 0 Å². The van der Waals surface area contributed by atoms with Gasteiger partial charge in [0.05, 0.1) is 18.9 Å². The summed E-state index contributed by atoms with van der Waals surface area (Å²) in [5, 5.41) is 0.529. The zero-order chi connectivity index (χ0) is 17.8. The number of hydrogen-bond acceptors (Lipinski definition) is 7. The van der Waals surface area contributed by atoms with Crippen LogP contribution < -0.4 is 9.79 Å². The van der Waals surface area contributed by atoms with E-state index < -0.39 is 5.97 Å². The second-order valence-electron chi connectivity index (χ2n) is 5.57. The summed E-state index contributed by atoms with van der Waals surface area (Å²) in [4.78, 5) is 31.9. The molecule has 1 aromatic heterocycles. The van der Waals surface area contributed by atoms with Gasteiger partial charge in [-0.05, 0) is 25.1 Å². The van der Waals surface area contributed by atoms with Crippen LogP contribution in [0.5, 0.6) is 5.75 Å². The van der Waals surface area contributed by atoms with Crippen molar-refractivity contribution in [3.05, 3.63) is 35.1 Å². The predicted molar refractivity (Wildman–Crippen MR) is 92.6 cm³/mol. The number of aromatic nitrogens is 2. The van der Waals surface area contributed by atoms with Crippen molar-refractivity contribution in [3.63, 3.8) is 0 Å². The van der Waals surface area contributed by atoms with Crippen molar-refractivity contribution in [2.75, 3.05) is 31.2 Å². The number of morpholine rings is 1. The first-order valence-electron chi connectivity index (χ1n) is 7.86. The van der Waals surface area contributed by atoms with Gasteiger partial charge in [-0.15, -0.1) is 0 Å². The lowest BCUT2D eigenvalue weighted by Gasteiger charge is -2.27. The van der Waals surface area contributed by atoms with Crippen LogP contribution in [0.3, 0.4) is 0 Å². The molecular formula is C17H18ClN3O4. The number of halogens is 1. The summed E-state index contributed by atoms with van der Waals surface area (Å²) in [6, 6.07) is 5.01. The average molecular weight is 364 g/mol. The first-order chi connectivity index (χ1) is 12.0. The van der Waals surface area contributed by atoms with Gasteiger partial charge in [0.25, 0.3) is 0 Å². The van der Waals surface area contributed by atoms with Gasteiger partial charge in [0, 0.05) is 42.4 Å². The smallest absolute Gasteiger partial charge is 0.352 e. The fourth-order valence-electron chi connectivity index (χ4n) is 2.52. The third-order valence-corrected chi connectivity index (χ3v) is 3.98. The van der Waals surface area contributed by atoms with E-state index in [0.717, 1.165) is 24.3 Å². The Morgan fingerprint density at radius 3 is 2.72 bits per heavy atom. The molecule has 0 aliphatic carbocycles. The van der Waals surface area contributed by atoms with Crippen molar-refractivity contribution in [1.29, 1.82) is 0 Å². The van der Waals surface area contributed by atoms with Gasteiger partial charge in [-0.25, -0.2) is 14.8 Å². The van der Waals surface area contributed by atoms with Crippen LogP contribution in [0.2, 0.25) is 5.02 Å². The molecule has 8 heteroatoms. The topological polar surface area (TPSA) is 73.8 Å². The summed E-state index contributed by atoms with van der Waals surface area (Å²) in [6.45, 7) is 6.00. The molecular weight excluding hydrogens is 346 g/mol. The highest BCUT2D eigenvalue weighted by Gasteiger charge is 2.17. The lowest BCUT2D eigenvalue weighted by atomic mass is 10.1. The quantitative estimate of drug-likeness (QED) is 0.610. The predicted octanol–water partition coefficient (Wildman–Crippen LogP) is 2.80. The van der Waals surface area contributed by atoms with Gasteiger partial charge in [0.15, 0.2) is 5.75 Å². The zero-order valence-corrected chi connectivity index (χ0v) is 14.7. The highest BCUT2D eigenvalue weighted by Crippen LogP contribution is 2.34. The third-order valence-electron chi connectivity index (χ3n) is 3.74. The minimum atomic E-state index is -0.545. The summed E-state index contributed by atoms with van der Waals surface area (Å²) in [5.41, 5.74) is 2.17. The number of benzene rings is 1. The van der Waals surface area contributed by atoms with Crippen molar-refractivity contribution in [3.8, 4) is 16.9 Å². The van der Waals surface area contributed by atoms with Crippen LogP contribution in [-0.2, 0) is 14.4 Å². The summed E-state index contributed by atoms with van der Waals surface area (Å²) >= 11 is 6.11. The minimum Gasteiger partial charge on any atom is -0.378 e. The molecule has 0 N–H and O–H groups in total. The van der Waals surface area contributed by atoms with Gasteiger partial charge < -0.3 is 9.64 Å². The summed E-state index contributed by atoms with van der Waals surface area (Å²) in [6.07, 6.45) is 1.72. The molecule has 1 aliphatic heterocycles. The van der Waals surface area contributed by atoms with Gasteiger partial charge >= 0.3 is 5.97 Å². The molecule has 0 saturated carbocycles. The van der Waals surface area contributed by atoms with E-state index in [-0.39, 0.29) is 0 Å². The van der Waals surface area contributed by atoms with Crippen molar-refractivity contribution in [2.24, 2.45) is 0 Å². The molecule has 2 heterocycles. The zero-order valence-electron chi connectivity index (χ0n) is 14.0.